The predicted molar refractivity (Wildman–Crippen MR) is 71.0 cm³/mol. The van der Waals surface area contributed by atoms with Gasteiger partial charge in [0.1, 0.15) is 0 Å². The summed E-state index contributed by atoms with van der Waals surface area (Å²) < 4.78 is 0. The third kappa shape index (κ3) is 3.47. The van der Waals surface area contributed by atoms with E-state index in [-0.39, 0.29) is 0 Å². The maximum Gasteiger partial charge on any atom is 0.407 e. The van der Waals surface area contributed by atoms with Crippen LogP contribution in [0.3, 0.4) is 0 Å². The van der Waals surface area contributed by atoms with Crippen LogP contribution in [0.15, 0.2) is 24.3 Å². The highest BCUT2D eigenvalue weighted by Crippen LogP contribution is 2.21. The van der Waals surface area contributed by atoms with Gasteiger partial charge in [0.2, 0.25) is 5.91 Å². The fraction of sp³-hybridized carbons (Fsp3) is 0.429. The molecule has 0 radical (unpaired) electrons. The van der Waals surface area contributed by atoms with Crippen molar-refractivity contribution in [2.24, 2.45) is 11.7 Å². The quantitative estimate of drug-likeness (QED) is 0.869. The first-order valence-electron chi connectivity index (χ1n) is 6.43. The van der Waals surface area contributed by atoms with E-state index in [1.165, 1.54) is 10.5 Å². The highest BCUT2D eigenvalue weighted by atomic mass is 16.4. The minimum atomic E-state index is -0.829. The molecule has 1 aliphatic heterocycles. The summed E-state index contributed by atoms with van der Waals surface area (Å²) in [5.41, 5.74) is 6.88. The Balaban J connectivity index is 1.88. The molecule has 5 heteroatoms. The fourth-order valence-corrected chi connectivity index (χ4v) is 2.47. The molecule has 1 heterocycles. The van der Waals surface area contributed by atoms with Crippen molar-refractivity contribution in [3.05, 3.63) is 35.4 Å². The molecule has 0 aromatic heterocycles. The van der Waals surface area contributed by atoms with Crippen LogP contribution in [-0.4, -0.2) is 35.1 Å². The van der Waals surface area contributed by atoms with Gasteiger partial charge in [-0.1, -0.05) is 12.1 Å². The Morgan fingerprint density at radius 2 is 1.79 bits per heavy atom. The fourth-order valence-electron chi connectivity index (χ4n) is 2.47. The Labute approximate surface area is 112 Å². The van der Waals surface area contributed by atoms with E-state index in [2.05, 4.69) is 0 Å². The maximum atomic E-state index is 11.0. The van der Waals surface area contributed by atoms with Crippen molar-refractivity contribution in [1.29, 1.82) is 0 Å². The van der Waals surface area contributed by atoms with Crippen LogP contribution in [0.2, 0.25) is 0 Å². The molecule has 1 aliphatic rings. The molecule has 2 amide bonds. The molecule has 0 aliphatic carbocycles. The second-order valence-corrected chi connectivity index (χ2v) is 4.98. The minimum absolute atomic E-state index is 0.415. The molecule has 102 valence electrons. The van der Waals surface area contributed by atoms with E-state index in [4.69, 9.17) is 10.8 Å². The molecule has 0 atom stereocenters. The SMILES string of the molecule is NC(=O)c1ccc(CC2CCN(C(=O)O)CC2)cc1. The molecule has 1 fully saturated rings. The standard InChI is InChI=1S/C14H18N2O3/c15-13(17)12-3-1-10(2-4-12)9-11-5-7-16(8-6-11)14(18)19/h1-4,11H,5-9H2,(H2,15,17)(H,18,19). The molecule has 1 aromatic rings. The molecule has 1 saturated heterocycles. The van der Waals surface area contributed by atoms with Gasteiger partial charge in [0.25, 0.3) is 0 Å². The number of likely N-dealkylation sites (tertiary alicyclic amines) is 1. The molecular weight excluding hydrogens is 244 g/mol. The number of nitrogens with two attached hydrogens (primary N) is 1. The molecule has 1 aromatic carbocycles. The van der Waals surface area contributed by atoms with Crippen molar-refractivity contribution in [3.8, 4) is 0 Å². The van der Waals surface area contributed by atoms with Gasteiger partial charge in [0, 0.05) is 18.7 Å². The first-order chi connectivity index (χ1) is 9.06. The minimum Gasteiger partial charge on any atom is -0.465 e. The molecule has 19 heavy (non-hydrogen) atoms. The summed E-state index contributed by atoms with van der Waals surface area (Å²) in [5.74, 6) is 0.0938. The van der Waals surface area contributed by atoms with Crippen LogP contribution >= 0.6 is 0 Å². The number of carbonyl (C=O) groups is 2. The zero-order chi connectivity index (χ0) is 13.8. The van der Waals surface area contributed by atoms with E-state index >= 15 is 0 Å². The van der Waals surface area contributed by atoms with Crippen LogP contribution in [0.4, 0.5) is 4.79 Å². The number of hydrogen-bond acceptors (Lipinski definition) is 2. The van der Waals surface area contributed by atoms with Crippen molar-refractivity contribution >= 4 is 12.0 Å². The first kappa shape index (κ1) is 13.4. The zero-order valence-corrected chi connectivity index (χ0v) is 10.7. The molecule has 2 rings (SSSR count). The second kappa shape index (κ2) is 5.73. The average molecular weight is 262 g/mol. The number of amides is 2. The zero-order valence-electron chi connectivity index (χ0n) is 10.7. The van der Waals surface area contributed by atoms with Crippen LogP contribution < -0.4 is 5.73 Å². The second-order valence-electron chi connectivity index (χ2n) is 4.98. The summed E-state index contributed by atoms with van der Waals surface area (Å²) >= 11 is 0. The largest absolute Gasteiger partial charge is 0.465 e. The Hall–Kier alpha value is -2.04. The Morgan fingerprint density at radius 3 is 2.26 bits per heavy atom. The van der Waals surface area contributed by atoms with Gasteiger partial charge in [-0.3, -0.25) is 4.79 Å². The lowest BCUT2D eigenvalue weighted by Gasteiger charge is -2.30. The van der Waals surface area contributed by atoms with E-state index in [0.717, 1.165) is 19.3 Å². The number of benzene rings is 1. The third-order valence-electron chi connectivity index (χ3n) is 3.65. The summed E-state index contributed by atoms with van der Waals surface area (Å²) in [7, 11) is 0. The summed E-state index contributed by atoms with van der Waals surface area (Å²) in [6.07, 6.45) is 1.88. The number of rotatable bonds is 3. The van der Waals surface area contributed by atoms with E-state index in [0.29, 0.717) is 24.6 Å². The molecule has 0 saturated carbocycles. The first-order valence-corrected chi connectivity index (χ1v) is 6.43. The smallest absolute Gasteiger partial charge is 0.407 e. The third-order valence-corrected chi connectivity index (χ3v) is 3.65. The lowest BCUT2D eigenvalue weighted by atomic mass is 9.90. The van der Waals surface area contributed by atoms with Crippen LogP contribution in [0, 0.1) is 5.92 Å². The highest BCUT2D eigenvalue weighted by molar-refractivity contribution is 5.92. The van der Waals surface area contributed by atoms with Gasteiger partial charge in [-0.15, -0.1) is 0 Å². The lowest BCUT2D eigenvalue weighted by Crippen LogP contribution is -2.37. The van der Waals surface area contributed by atoms with Crippen molar-refractivity contribution < 1.29 is 14.7 Å². The van der Waals surface area contributed by atoms with Gasteiger partial charge in [-0.05, 0) is 42.9 Å². The van der Waals surface area contributed by atoms with Crippen LogP contribution in [-0.2, 0) is 6.42 Å². The Bertz CT molecular complexity index is 462. The molecule has 5 nitrogen and oxygen atoms in total. The number of primary amides is 1. The van der Waals surface area contributed by atoms with Gasteiger partial charge < -0.3 is 15.7 Å². The van der Waals surface area contributed by atoms with Gasteiger partial charge in [0.15, 0.2) is 0 Å². The lowest BCUT2D eigenvalue weighted by molar-refractivity contribution is 0.1000. The van der Waals surface area contributed by atoms with E-state index < -0.39 is 12.0 Å². The number of piperidine rings is 1. The van der Waals surface area contributed by atoms with Crippen molar-refractivity contribution in [2.75, 3.05) is 13.1 Å². The van der Waals surface area contributed by atoms with Gasteiger partial charge in [-0.25, -0.2) is 4.79 Å². The Morgan fingerprint density at radius 1 is 1.21 bits per heavy atom. The van der Waals surface area contributed by atoms with Gasteiger partial charge in [-0.2, -0.15) is 0 Å². The maximum absolute atomic E-state index is 11.0. The number of hydrogen-bond donors (Lipinski definition) is 2. The van der Waals surface area contributed by atoms with Crippen molar-refractivity contribution in [1.82, 2.24) is 4.90 Å². The topological polar surface area (TPSA) is 83.6 Å². The molecule has 3 N–H and O–H groups in total. The molecule has 0 spiro atoms. The molecule has 0 unspecified atom stereocenters. The monoisotopic (exact) mass is 262 g/mol. The van der Waals surface area contributed by atoms with Crippen LogP contribution in [0.1, 0.15) is 28.8 Å². The summed E-state index contributed by atoms with van der Waals surface area (Å²) in [6, 6.07) is 7.32. The van der Waals surface area contributed by atoms with E-state index in [1.54, 1.807) is 12.1 Å². The number of nitrogens with zero attached hydrogens (tertiary/aromatic N) is 1. The summed E-state index contributed by atoms with van der Waals surface area (Å²) in [5, 5.41) is 8.88. The van der Waals surface area contributed by atoms with Gasteiger partial charge >= 0.3 is 6.09 Å². The van der Waals surface area contributed by atoms with E-state index in [1.807, 2.05) is 12.1 Å². The predicted octanol–water partition coefficient (Wildman–Crippen LogP) is 1.72. The van der Waals surface area contributed by atoms with Crippen molar-refractivity contribution in [3.63, 3.8) is 0 Å². The molecular formula is C14H18N2O3. The number of carboxylic acid groups (broad SMARTS) is 1. The van der Waals surface area contributed by atoms with E-state index in [9.17, 15) is 9.59 Å². The summed E-state index contributed by atoms with van der Waals surface area (Å²) in [6.45, 7) is 1.22. The Kier molecular flexibility index (Phi) is 4.04. The average Bonchev–Trinajstić information content (AvgIpc) is 2.40. The van der Waals surface area contributed by atoms with Crippen LogP contribution in [0.5, 0.6) is 0 Å². The number of carbonyl (C=O) groups excluding carboxylic acids is 1. The summed E-state index contributed by atoms with van der Waals surface area (Å²) in [4.78, 5) is 23.2. The highest BCUT2D eigenvalue weighted by Gasteiger charge is 2.22. The van der Waals surface area contributed by atoms with Crippen LogP contribution in [0.25, 0.3) is 0 Å². The van der Waals surface area contributed by atoms with Crippen molar-refractivity contribution in [2.45, 2.75) is 19.3 Å². The molecule has 0 bridgehead atoms. The normalized spacial score (nSPS) is 16.3. The van der Waals surface area contributed by atoms with Gasteiger partial charge in [0.05, 0.1) is 0 Å².